The predicted octanol–water partition coefficient (Wildman–Crippen LogP) is 4.47. The molecule has 1 aromatic carbocycles. The molecule has 0 unspecified atom stereocenters. The van der Waals surface area contributed by atoms with Crippen molar-refractivity contribution in [3.8, 4) is 0 Å². The summed E-state index contributed by atoms with van der Waals surface area (Å²) < 4.78 is 0. The van der Waals surface area contributed by atoms with Gasteiger partial charge in [-0.15, -0.1) is 0 Å². The van der Waals surface area contributed by atoms with Gasteiger partial charge in [0, 0.05) is 12.8 Å². The molecule has 0 N–H and O–H groups in total. The summed E-state index contributed by atoms with van der Waals surface area (Å²) in [5.74, 6) is 0. The standard InChI is InChI=1S/C21H36P.BrH/c1-5-9-17-22(18-10-6-2,19-11-7-3)21(8-4)20-15-13-12-14-16-20;/h8,12-16H,5-7,9-11,17-19H2,1-4H3;1H/q+1;/p-1/b21-8+;. The highest BCUT2D eigenvalue weighted by Gasteiger charge is 2.40. The second-order valence-corrected chi connectivity index (χ2v) is 10.5. The van der Waals surface area contributed by atoms with Crippen molar-refractivity contribution in [2.24, 2.45) is 0 Å². The maximum Gasteiger partial charge on any atom is 0.0968 e. The number of allylic oxidation sites excluding steroid dienone is 1. The first-order valence-electron chi connectivity index (χ1n) is 9.32. The van der Waals surface area contributed by atoms with Gasteiger partial charge in [-0.2, -0.15) is 0 Å². The lowest BCUT2D eigenvalue weighted by Gasteiger charge is -2.30. The van der Waals surface area contributed by atoms with Crippen LogP contribution in [0, 0.1) is 0 Å². The molecule has 2 heteroatoms. The van der Waals surface area contributed by atoms with E-state index < -0.39 is 7.26 Å². The van der Waals surface area contributed by atoms with Crippen molar-refractivity contribution < 1.29 is 17.0 Å². The molecule has 0 atom stereocenters. The van der Waals surface area contributed by atoms with E-state index in [1.807, 2.05) is 0 Å². The average molecular weight is 399 g/mol. The molecule has 0 saturated carbocycles. The molecule has 0 aliphatic carbocycles. The van der Waals surface area contributed by atoms with Gasteiger partial charge in [-0.1, -0.05) is 70.4 Å². The summed E-state index contributed by atoms with van der Waals surface area (Å²) in [4.78, 5) is 0. The van der Waals surface area contributed by atoms with Crippen molar-refractivity contribution in [1.82, 2.24) is 0 Å². The van der Waals surface area contributed by atoms with Gasteiger partial charge in [0.25, 0.3) is 0 Å². The fourth-order valence-electron chi connectivity index (χ4n) is 3.40. The molecule has 0 aliphatic heterocycles. The summed E-state index contributed by atoms with van der Waals surface area (Å²) in [5.41, 5.74) is 1.49. The Bertz CT molecular complexity index is 403. The third-order valence-corrected chi connectivity index (χ3v) is 9.73. The maximum absolute atomic E-state index is 2.45. The minimum Gasteiger partial charge on any atom is -1.00 e. The van der Waals surface area contributed by atoms with Crippen LogP contribution in [0.3, 0.4) is 0 Å². The van der Waals surface area contributed by atoms with Gasteiger partial charge < -0.3 is 17.0 Å². The minimum absolute atomic E-state index is 0. The Labute approximate surface area is 156 Å². The van der Waals surface area contributed by atoms with E-state index >= 15 is 0 Å². The van der Waals surface area contributed by atoms with Gasteiger partial charge in [-0.25, -0.2) is 0 Å². The van der Waals surface area contributed by atoms with Gasteiger partial charge in [0.15, 0.2) is 0 Å². The molecular formula is C21H36BrP. The number of hydrogen-bond acceptors (Lipinski definition) is 0. The van der Waals surface area contributed by atoms with Gasteiger partial charge in [-0.05, 0) is 32.3 Å². The molecule has 0 bridgehead atoms. The van der Waals surface area contributed by atoms with Crippen molar-refractivity contribution in [3.05, 3.63) is 42.0 Å². The molecule has 0 radical (unpaired) electrons. The Morgan fingerprint density at radius 2 is 1.26 bits per heavy atom. The Morgan fingerprint density at radius 3 is 1.61 bits per heavy atom. The third-order valence-electron chi connectivity index (χ3n) is 4.67. The minimum atomic E-state index is -1.02. The highest BCUT2D eigenvalue weighted by Crippen LogP contribution is 2.70. The topological polar surface area (TPSA) is 0 Å². The predicted molar refractivity (Wildman–Crippen MR) is 106 cm³/mol. The lowest BCUT2D eigenvalue weighted by Crippen LogP contribution is -3.00. The summed E-state index contributed by atoms with van der Waals surface area (Å²) >= 11 is 0. The average Bonchev–Trinajstić information content (AvgIpc) is 2.57. The van der Waals surface area contributed by atoms with Crippen molar-refractivity contribution in [2.45, 2.75) is 66.2 Å². The second-order valence-electron chi connectivity index (χ2n) is 6.42. The zero-order chi connectivity index (χ0) is 16.3. The highest BCUT2D eigenvalue weighted by atomic mass is 79.9. The second kappa shape index (κ2) is 13.2. The molecule has 1 aromatic rings. The van der Waals surface area contributed by atoms with Crippen LogP contribution in [0.25, 0.3) is 5.31 Å². The van der Waals surface area contributed by atoms with Gasteiger partial charge >= 0.3 is 0 Å². The molecule has 1 rings (SSSR count). The maximum atomic E-state index is 2.45. The number of rotatable bonds is 11. The van der Waals surface area contributed by atoms with E-state index in [0.29, 0.717) is 0 Å². The highest BCUT2D eigenvalue weighted by molar-refractivity contribution is 7.85. The number of unbranched alkanes of at least 4 members (excludes halogenated alkanes) is 3. The van der Waals surface area contributed by atoms with Crippen molar-refractivity contribution in [3.63, 3.8) is 0 Å². The van der Waals surface area contributed by atoms with Crippen LogP contribution in [0.15, 0.2) is 36.4 Å². The Kier molecular flexibility index (Phi) is 13.1. The van der Waals surface area contributed by atoms with Crippen LogP contribution in [-0.2, 0) is 0 Å². The fourth-order valence-corrected chi connectivity index (χ4v) is 8.81. The van der Waals surface area contributed by atoms with E-state index in [0.717, 1.165) is 0 Å². The van der Waals surface area contributed by atoms with Gasteiger partial charge in [0.05, 0.1) is 23.8 Å². The zero-order valence-corrected chi connectivity index (χ0v) is 18.1. The smallest absolute Gasteiger partial charge is 0.0968 e. The van der Waals surface area contributed by atoms with E-state index in [2.05, 4.69) is 64.1 Å². The molecule has 0 amide bonds. The molecule has 0 spiro atoms. The van der Waals surface area contributed by atoms with Crippen LogP contribution >= 0.6 is 7.26 Å². The zero-order valence-electron chi connectivity index (χ0n) is 15.7. The molecule has 0 heterocycles. The van der Waals surface area contributed by atoms with E-state index in [1.54, 1.807) is 5.31 Å². The summed E-state index contributed by atoms with van der Waals surface area (Å²) in [6.45, 7) is 9.28. The molecule has 0 saturated heterocycles. The molecular weight excluding hydrogens is 363 g/mol. The Balaban J connectivity index is 0.00000484. The molecule has 0 aliphatic rings. The van der Waals surface area contributed by atoms with Crippen LogP contribution in [0.4, 0.5) is 0 Å². The molecule has 0 fully saturated rings. The fraction of sp³-hybridized carbons (Fsp3) is 0.619. The summed E-state index contributed by atoms with van der Waals surface area (Å²) in [6.07, 6.45) is 15.0. The van der Waals surface area contributed by atoms with E-state index in [9.17, 15) is 0 Å². The van der Waals surface area contributed by atoms with Crippen LogP contribution in [0.1, 0.15) is 71.8 Å². The lowest BCUT2D eigenvalue weighted by molar-refractivity contribution is -0.00000484. The Hall–Kier alpha value is -0.130. The van der Waals surface area contributed by atoms with E-state index in [4.69, 9.17) is 0 Å². The number of hydrogen-bond donors (Lipinski definition) is 0. The number of halogens is 1. The Morgan fingerprint density at radius 1 is 0.826 bits per heavy atom. The molecule has 0 nitrogen and oxygen atoms in total. The van der Waals surface area contributed by atoms with E-state index in [1.165, 1.54) is 62.6 Å². The van der Waals surface area contributed by atoms with Gasteiger partial charge in [0.2, 0.25) is 0 Å². The van der Waals surface area contributed by atoms with Crippen LogP contribution < -0.4 is 17.0 Å². The van der Waals surface area contributed by atoms with Gasteiger partial charge in [0.1, 0.15) is 0 Å². The first kappa shape index (κ1) is 22.9. The molecule has 132 valence electrons. The van der Waals surface area contributed by atoms with Crippen molar-refractivity contribution in [1.29, 1.82) is 0 Å². The third kappa shape index (κ3) is 7.10. The normalized spacial score (nSPS) is 12.1. The van der Waals surface area contributed by atoms with Crippen molar-refractivity contribution in [2.75, 3.05) is 18.5 Å². The van der Waals surface area contributed by atoms with Crippen LogP contribution in [0.2, 0.25) is 0 Å². The summed E-state index contributed by atoms with van der Waals surface area (Å²) in [7, 11) is -1.02. The summed E-state index contributed by atoms with van der Waals surface area (Å²) in [6, 6.07) is 11.2. The monoisotopic (exact) mass is 398 g/mol. The molecule has 23 heavy (non-hydrogen) atoms. The molecule has 0 aromatic heterocycles. The van der Waals surface area contributed by atoms with Gasteiger partial charge in [-0.3, -0.25) is 0 Å². The quantitative estimate of drug-likeness (QED) is 0.482. The van der Waals surface area contributed by atoms with Crippen molar-refractivity contribution >= 4 is 12.6 Å². The number of benzene rings is 1. The largest absolute Gasteiger partial charge is 1.00 e. The van der Waals surface area contributed by atoms with Crippen LogP contribution in [0.5, 0.6) is 0 Å². The van der Waals surface area contributed by atoms with E-state index in [-0.39, 0.29) is 17.0 Å². The SMILES string of the molecule is C/C=C(\c1ccccc1)[P+](CCCC)(CCCC)CCCC.[Br-]. The lowest BCUT2D eigenvalue weighted by atomic mass is 10.2. The summed E-state index contributed by atoms with van der Waals surface area (Å²) in [5, 5.41) is 1.71. The first-order chi connectivity index (χ1) is 10.7. The first-order valence-corrected chi connectivity index (χ1v) is 11.7. The van der Waals surface area contributed by atoms with Crippen LogP contribution in [-0.4, -0.2) is 18.5 Å².